The third-order valence-corrected chi connectivity index (χ3v) is 26.1. The molecule has 0 aliphatic carbocycles. The Balaban J connectivity index is 0.0000146. The van der Waals surface area contributed by atoms with Crippen LogP contribution in [0.1, 0.15) is 110 Å². The maximum Gasteiger partial charge on any atom is 0.268 e. The standard InChI is InChI=1S/C93H76N4OSi2.Pt/c1-66-57-90(94-64-83(66)67-33-15-8-16-34-67)97-84-50-30-29-49-81(84)82-55-54-74(63-86(82)97)98-73-36-31-35-72(62-73)95-65-96(85-56-53-68(60-87(85)95)69-58-70(92(2,3)4)61-71(59-69)93(5,6)7)91-88(99(75-37-17-9-18-38-75,76-39-19-10-20-40-76)77-41-21-11-22-42-77)51-32-52-89(91)100(78-43-23-12-24-44-78,79-45-25-13-26-46-79)80-47-27-14-28-48-80;/h8-61,64H,1-7H3;/q-2;/i1D3,8D,9D,10D,11D,12D,13D,14D,15D,16D,17D,18D,19D,20D,21D,22D,23D,24D,25D,26D,27D,28D,33D,34D,37D,38D,39D,40D,41D,42D,43D,44D,45D,46D,47D,48D;. The van der Waals surface area contributed by atoms with Crippen LogP contribution < -0.4 is 50.8 Å². The monoisotopic (exact) mass is 1550 g/mol. The van der Waals surface area contributed by atoms with Crippen LogP contribution in [0, 0.1) is 25.3 Å². The summed E-state index contributed by atoms with van der Waals surface area (Å²) >= 11 is 0. The Morgan fingerprint density at radius 2 is 0.931 bits per heavy atom. The van der Waals surface area contributed by atoms with Gasteiger partial charge in [0.1, 0.15) is 5.82 Å². The largest absolute Gasteiger partial charge is 0.510 e. The van der Waals surface area contributed by atoms with Crippen molar-refractivity contribution in [1.29, 1.82) is 0 Å². The number of para-hydroxylation sites is 2. The number of rotatable bonds is 15. The van der Waals surface area contributed by atoms with Gasteiger partial charge in [0, 0.05) is 54.0 Å². The minimum Gasteiger partial charge on any atom is -0.510 e. The number of pyridine rings is 1. The van der Waals surface area contributed by atoms with E-state index in [1.165, 1.54) is 34.9 Å². The number of aromatic nitrogens is 4. The van der Waals surface area contributed by atoms with Crippen molar-refractivity contribution in [3.05, 3.63) is 368 Å². The fourth-order valence-electron chi connectivity index (χ4n) is 12.9. The van der Waals surface area contributed by atoms with E-state index in [0.29, 0.717) is 27.4 Å². The van der Waals surface area contributed by atoms with Gasteiger partial charge in [0.05, 0.1) is 64.7 Å². The smallest absolute Gasteiger partial charge is 0.268 e. The number of nitrogens with zero attached hydrogens (tertiary/aromatic N) is 4. The van der Waals surface area contributed by atoms with E-state index in [-0.39, 0.29) is 66.2 Å². The molecule has 0 spiro atoms. The van der Waals surface area contributed by atoms with Gasteiger partial charge in [-0.2, -0.15) is 18.2 Å². The van der Waals surface area contributed by atoms with E-state index in [1.807, 2.05) is 59.7 Å². The molecule has 0 aliphatic rings. The van der Waals surface area contributed by atoms with Crippen molar-refractivity contribution < 1.29 is 82.5 Å². The van der Waals surface area contributed by atoms with Crippen LogP contribution in [0.25, 0.3) is 72.3 Å². The molecule has 0 N–H and O–H groups in total. The molecule has 0 unspecified atom stereocenters. The zero-order valence-corrected chi connectivity index (χ0v) is 58.8. The molecule has 0 fully saturated rings. The van der Waals surface area contributed by atoms with Crippen LogP contribution in [0.2, 0.25) is 0 Å². The molecule has 0 aliphatic heterocycles. The van der Waals surface area contributed by atoms with Gasteiger partial charge >= 0.3 is 0 Å². The van der Waals surface area contributed by atoms with Gasteiger partial charge in [0.25, 0.3) is 6.33 Å². The topological polar surface area (TPSA) is 35.9 Å². The van der Waals surface area contributed by atoms with Gasteiger partial charge in [-0.3, -0.25) is 4.57 Å². The van der Waals surface area contributed by atoms with Crippen LogP contribution in [-0.4, -0.2) is 30.3 Å². The van der Waals surface area contributed by atoms with Crippen molar-refractivity contribution in [3.8, 4) is 50.9 Å². The van der Waals surface area contributed by atoms with Crippen LogP contribution in [0.15, 0.2) is 333 Å². The molecule has 0 bridgehead atoms. The molecule has 101 heavy (non-hydrogen) atoms. The number of ether oxygens (including phenoxy) is 1. The third kappa shape index (κ3) is 11.9. The predicted octanol–water partition coefficient (Wildman–Crippen LogP) is 16.6. The average molecular weight is 1560 g/mol. The van der Waals surface area contributed by atoms with Gasteiger partial charge in [0.2, 0.25) is 0 Å². The Labute approximate surface area is 663 Å². The molecule has 3 aromatic heterocycles. The molecule has 0 atom stereocenters. The van der Waals surface area contributed by atoms with E-state index >= 15 is 0 Å². The number of imidazole rings is 1. The number of benzene rings is 13. The minimum atomic E-state index is -6.87. The zero-order chi connectivity index (χ0) is 101. The zero-order valence-electron chi connectivity index (χ0n) is 92.6. The summed E-state index contributed by atoms with van der Waals surface area (Å²) < 4.78 is 378. The SMILES string of the molecule is [2H]c1c([2H])c([2H])c(-c2cnc(-n3c4[c-]c(Oc5[c-]c(-n6[c-][n+](-c7c([Si](c8c([2H])c([2H])c([2H])c([2H])c8[2H])(c8c([2H])c([2H])c([2H])c([2H])c8[2H])c8c([2H])c([2H])c([2H])c([2H])c8[2H])cccc7[Si](c7c([2H])c([2H])c([2H])c([2H])c7[2H])(c7c([2H])c([2H])c([2H])c([2H])c7[2H])c7c([2H])c([2H])c([2H])c([2H])c7[2H])c7ccc(-c8cc(C(C)(C)C)cc(C(C)(C)C)c8)cc76)ccc5)ccc4c4ccccc43)cc2C([2H])([2H])[2H])c([2H])c1[2H].[Pt]. The first-order valence-electron chi connectivity index (χ1n) is 50.5. The first kappa shape index (κ1) is 35.5. The van der Waals surface area contributed by atoms with E-state index in [0.717, 1.165) is 40.1 Å². The van der Waals surface area contributed by atoms with Crippen molar-refractivity contribution in [2.75, 3.05) is 0 Å². The summed E-state index contributed by atoms with van der Waals surface area (Å²) in [6, 6.07) is -5.24. The van der Waals surface area contributed by atoms with Gasteiger partial charge in [-0.15, -0.1) is 29.7 Å². The van der Waals surface area contributed by atoms with E-state index in [4.69, 9.17) is 20.7 Å². The van der Waals surface area contributed by atoms with E-state index in [2.05, 4.69) is 18.5 Å². The van der Waals surface area contributed by atoms with Crippen LogP contribution in [0.4, 0.5) is 0 Å². The van der Waals surface area contributed by atoms with Gasteiger partial charge < -0.3 is 13.9 Å². The summed E-state index contributed by atoms with van der Waals surface area (Å²) in [5, 5.41) is -7.58. The Hall–Kier alpha value is -10.8. The first-order valence-corrected chi connectivity index (χ1v) is 35.5. The van der Waals surface area contributed by atoms with E-state index in [9.17, 15) is 41.1 Å². The second-order valence-corrected chi connectivity index (χ2v) is 32.6. The molecule has 13 aromatic carbocycles. The number of hydrogen-bond acceptors (Lipinski definition) is 2. The van der Waals surface area contributed by atoms with Gasteiger partial charge in [-0.1, -0.05) is 325 Å². The normalized spacial score (nSPS) is 17.4. The van der Waals surface area contributed by atoms with E-state index < -0.39 is 304 Å². The number of aryl methyl sites for hydroxylation is 1. The molecule has 494 valence electrons. The molecule has 0 radical (unpaired) electrons. The summed E-state index contributed by atoms with van der Waals surface area (Å²) in [6.45, 7) is 8.97. The Bertz CT molecular complexity index is 7240. The summed E-state index contributed by atoms with van der Waals surface area (Å²) in [7, 11) is -13.7. The number of hydrogen-bond donors (Lipinski definition) is 0. The maximum atomic E-state index is 10.5. The Kier molecular flexibility index (Phi) is 9.50. The van der Waals surface area contributed by atoms with Crippen LogP contribution in [-0.2, 0) is 31.9 Å². The fraction of sp³-hybridized carbons (Fsp3) is 0.0968. The van der Waals surface area contributed by atoms with Gasteiger partial charge in [-0.25, -0.2) is 4.98 Å². The van der Waals surface area contributed by atoms with Crippen LogP contribution in [0.5, 0.6) is 11.5 Å². The maximum absolute atomic E-state index is 10.5. The Morgan fingerprint density at radius 3 is 1.44 bits per heavy atom. The fourth-order valence-corrected chi connectivity index (χ4v) is 21.1. The molecule has 8 heteroatoms. The van der Waals surface area contributed by atoms with Crippen molar-refractivity contribution in [2.45, 2.75) is 59.2 Å². The summed E-state index contributed by atoms with van der Waals surface area (Å²) in [5.74, 6) is -0.267. The summed E-state index contributed by atoms with van der Waals surface area (Å²) in [4.78, 5) is 4.71. The van der Waals surface area contributed by atoms with Gasteiger partial charge in [-0.05, 0) is 122 Å². The Morgan fingerprint density at radius 1 is 0.446 bits per heavy atom. The molecule has 0 amide bonds. The second-order valence-electron chi connectivity index (χ2n) is 25.5. The molecular formula is C93H76N4OPtSi2-2. The average Bonchev–Trinajstić information content (AvgIpc) is 1.16. The van der Waals surface area contributed by atoms with Crippen molar-refractivity contribution >= 4 is 90.5 Å². The molecule has 16 aromatic rings. The number of fused-ring (bicyclic) bond motifs is 4. The molecular weight excluding hydrogens is 1440 g/mol. The summed E-state index contributed by atoms with van der Waals surface area (Å²) in [6.07, 6.45) is 4.47. The molecule has 3 heterocycles. The van der Waals surface area contributed by atoms with Crippen LogP contribution in [0.3, 0.4) is 0 Å². The van der Waals surface area contributed by atoms with Crippen LogP contribution >= 0.6 is 0 Å². The van der Waals surface area contributed by atoms with Crippen molar-refractivity contribution in [2.24, 2.45) is 0 Å². The second kappa shape index (κ2) is 27.0. The molecule has 0 saturated heterocycles. The molecule has 0 saturated carbocycles. The third-order valence-electron chi connectivity index (χ3n) is 17.6. The molecule has 5 nitrogen and oxygen atoms in total. The van der Waals surface area contributed by atoms with Crippen molar-refractivity contribution in [1.82, 2.24) is 14.1 Å². The van der Waals surface area contributed by atoms with E-state index in [1.54, 1.807) is 53.1 Å². The summed E-state index contributed by atoms with van der Waals surface area (Å²) in [5.41, 5.74) is -0.299. The first-order chi connectivity index (χ1) is 64.5. The van der Waals surface area contributed by atoms with Gasteiger partial charge in [0.15, 0.2) is 16.1 Å². The molecule has 16 rings (SSSR count). The predicted molar refractivity (Wildman–Crippen MR) is 420 cm³/mol. The quantitative estimate of drug-likeness (QED) is 0.0444. The minimum absolute atomic E-state index is 0. The van der Waals surface area contributed by atoms with Crippen molar-refractivity contribution in [3.63, 3.8) is 0 Å².